The van der Waals surface area contributed by atoms with E-state index in [1.807, 2.05) is 12.1 Å². The molecule has 0 atom stereocenters. The van der Waals surface area contributed by atoms with E-state index in [-0.39, 0.29) is 53.6 Å². The van der Waals surface area contributed by atoms with Gasteiger partial charge in [0.2, 0.25) is 0 Å². The van der Waals surface area contributed by atoms with E-state index in [2.05, 4.69) is 76.2 Å². The van der Waals surface area contributed by atoms with Crippen molar-refractivity contribution >= 4 is 36.5 Å². The van der Waals surface area contributed by atoms with E-state index in [0.717, 1.165) is 122 Å². The van der Waals surface area contributed by atoms with Crippen molar-refractivity contribution in [1.82, 2.24) is 0 Å². The number of carbonyl (C=O) groups is 4. The summed E-state index contributed by atoms with van der Waals surface area (Å²) in [6.07, 6.45) is 25.1. The van der Waals surface area contributed by atoms with Gasteiger partial charge in [-0.25, -0.2) is 19.2 Å². The standard InChI is InChI=1S/C48H74O8S.C12H10/c1-5-9-13-17-21-25-33-53-45(49)40-30-29-38(37-42(40)47(51)55-35-27-23-19-15-11-7-3)39-31-32-41(46(50)54-34-26-22-18-14-10-6-2)44(57)43(39)48(52)56-36-28-24-20-16-12-8-4;1-3-7-11(8-4-1)12-9-5-2-6-10-12/h29-32,37,57H,5-28,33-36H2,1-4H3;1-10H. The summed E-state index contributed by atoms with van der Waals surface area (Å²) >= 11 is 4.73. The van der Waals surface area contributed by atoms with Crippen molar-refractivity contribution in [3.05, 3.63) is 113 Å². The number of hydrogen-bond donors (Lipinski definition) is 1. The van der Waals surface area contributed by atoms with Crippen LogP contribution in [0.1, 0.15) is 223 Å². The average Bonchev–Trinajstić information content (AvgIpc) is 3.37. The average molecular weight is 965 g/mol. The summed E-state index contributed by atoms with van der Waals surface area (Å²) in [6, 6.07) is 28.8. The summed E-state index contributed by atoms with van der Waals surface area (Å²) in [5.74, 6) is -2.42. The predicted octanol–water partition coefficient (Wildman–Crippen LogP) is 17.1. The van der Waals surface area contributed by atoms with Crippen molar-refractivity contribution in [3.63, 3.8) is 0 Å². The van der Waals surface area contributed by atoms with Gasteiger partial charge < -0.3 is 18.9 Å². The van der Waals surface area contributed by atoms with Crippen LogP contribution in [-0.2, 0) is 18.9 Å². The molecule has 4 rings (SSSR count). The zero-order chi connectivity index (χ0) is 49.7. The Morgan fingerprint density at radius 1 is 0.348 bits per heavy atom. The molecule has 0 amide bonds. The van der Waals surface area contributed by atoms with Crippen molar-refractivity contribution in [2.45, 2.75) is 187 Å². The molecular weight excluding hydrogens is 881 g/mol. The molecule has 378 valence electrons. The van der Waals surface area contributed by atoms with E-state index < -0.39 is 23.9 Å². The van der Waals surface area contributed by atoms with Crippen LogP contribution in [0.2, 0.25) is 0 Å². The van der Waals surface area contributed by atoms with E-state index in [4.69, 9.17) is 31.6 Å². The van der Waals surface area contributed by atoms with Gasteiger partial charge in [0, 0.05) is 4.90 Å². The van der Waals surface area contributed by atoms with Crippen LogP contribution in [0.25, 0.3) is 22.3 Å². The van der Waals surface area contributed by atoms with Gasteiger partial charge in [-0.2, -0.15) is 0 Å². The zero-order valence-electron chi connectivity index (χ0n) is 42.7. The first-order chi connectivity index (χ1) is 33.8. The second-order valence-corrected chi connectivity index (χ2v) is 18.4. The number of hydrogen-bond acceptors (Lipinski definition) is 9. The monoisotopic (exact) mass is 965 g/mol. The minimum atomic E-state index is -0.634. The molecule has 0 heterocycles. The maximum Gasteiger partial charge on any atom is 0.339 e. The molecule has 0 unspecified atom stereocenters. The number of thiol groups is 1. The SMILES string of the molecule is CCCCCCCCOC(=O)c1ccc(-c2ccc(C(=O)OCCCCCCCC)c(S)c2C(=O)OCCCCCCCC)cc1C(=O)OCCCCCCCC.c1ccc(-c2ccccc2)cc1. The Labute approximate surface area is 421 Å². The third kappa shape index (κ3) is 23.1. The van der Waals surface area contributed by atoms with Gasteiger partial charge in [-0.1, -0.05) is 229 Å². The maximum absolute atomic E-state index is 13.9. The van der Waals surface area contributed by atoms with Crippen LogP contribution in [0.15, 0.2) is 95.9 Å². The highest BCUT2D eigenvalue weighted by Crippen LogP contribution is 2.34. The van der Waals surface area contributed by atoms with Crippen LogP contribution in [0.5, 0.6) is 0 Å². The molecule has 8 nitrogen and oxygen atoms in total. The smallest absolute Gasteiger partial charge is 0.339 e. The minimum absolute atomic E-state index is 0.0564. The molecule has 0 saturated heterocycles. The maximum atomic E-state index is 13.9. The first kappa shape index (κ1) is 58.4. The Morgan fingerprint density at radius 2 is 0.681 bits per heavy atom. The Bertz CT molecular complexity index is 1990. The van der Waals surface area contributed by atoms with E-state index in [1.54, 1.807) is 30.3 Å². The van der Waals surface area contributed by atoms with E-state index in [9.17, 15) is 19.2 Å². The summed E-state index contributed by atoms with van der Waals surface area (Å²) in [5, 5.41) is 0. The highest BCUT2D eigenvalue weighted by atomic mass is 32.1. The fourth-order valence-electron chi connectivity index (χ4n) is 8.02. The minimum Gasteiger partial charge on any atom is -0.462 e. The normalized spacial score (nSPS) is 10.8. The number of ether oxygens (including phenoxy) is 4. The van der Waals surface area contributed by atoms with Gasteiger partial charge in [0.25, 0.3) is 0 Å². The van der Waals surface area contributed by atoms with Crippen LogP contribution < -0.4 is 0 Å². The van der Waals surface area contributed by atoms with E-state index in [0.29, 0.717) is 11.1 Å². The van der Waals surface area contributed by atoms with Crippen molar-refractivity contribution in [2.24, 2.45) is 0 Å². The number of benzene rings is 4. The van der Waals surface area contributed by atoms with Crippen molar-refractivity contribution in [3.8, 4) is 22.3 Å². The quantitative estimate of drug-likeness (QED) is 0.0214. The zero-order valence-corrected chi connectivity index (χ0v) is 43.6. The lowest BCUT2D eigenvalue weighted by Gasteiger charge is -2.17. The Kier molecular flexibility index (Phi) is 31.3. The molecule has 0 spiro atoms. The largest absolute Gasteiger partial charge is 0.462 e. The highest BCUT2D eigenvalue weighted by molar-refractivity contribution is 7.80. The van der Waals surface area contributed by atoms with Crippen LogP contribution >= 0.6 is 12.6 Å². The third-order valence-electron chi connectivity index (χ3n) is 12.2. The first-order valence-corrected chi connectivity index (χ1v) is 27.0. The molecule has 9 heteroatoms. The molecule has 0 saturated carbocycles. The third-order valence-corrected chi connectivity index (χ3v) is 12.6. The van der Waals surface area contributed by atoms with Gasteiger partial charge >= 0.3 is 23.9 Å². The fourth-order valence-corrected chi connectivity index (χ4v) is 8.39. The molecule has 0 aromatic heterocycles. The van der Waals surface area contributed by atoms with E-state index in [1.165, 1.54) is 43.2 Å². The number of esters is 4. The molecule has 0 bridgehead atoms. The van der Waals surface area contributed by atoms with Gasteiger partial charge in [-0.3, -0.25) is 0 Å². The summed E-state index contributed by atoms with van der Waals surface area (Å²) < 4.78 is 22.7. The van der Waals surface area contributed by atoms with Crippen LogP contribution in [-0.4, -0.2) is 50.3 Å². The lowest BCUT2D eigenvalue weighted by molar-refractivity contribution is 0.0450. The lowest BCUT2D eigenvalue weighted by Crippen LogP contribution is -2.16. The Balaban J connectivity index is 0.000000898. The molecule has 4 aromatic rings. The molecule has 4 aromatic carbocycles. The molecule has 0 aliphatic rings. The molecule has 0 aliphatic carbocycles. The molecule has 0 fully saturated rings. The highest BCUT2D eigenvalue weighted by Gasteiger charge is 2.26. The number of rotatable bonds is 34. The van der Waals surface area contributed by atoms with Crippen LogP contribution in [0.4, 0.5) is 0 Å². The molecular formula is C60H84O8S. The fraction of sp³-hybridized carbons (Fsp3) is 0.533. The van der Waals surface area contributed by atoms with Crippen molar-refractivity contribution in [1.29, 1.82) is 0 Å². The van der Waals surface area contributed by atoms with Gasteiger partial charge in [0.05, 0.1) is 48.7 Å². The van der Waals surface area contributed by atoms with Crippen LogP contribution in [0, 0.1) is 0 Å². The molecule has 69 heavy (non-hydrogen) atoms. The van der Waals surface area contributed by atoms with Gasteiger partial charge in [0.1, 0.15) is 0 Å². The van der Waals surface area contributed by atoms with Crippen molar-refractivity contribution in [2.75, 3.05) is 26.4 Å². The Morgan fingerprint density at radius 3 is 1.09 bits per heavy atom. The van der Waals surface area contributed by atoms with Gasteiger partial charge in [-0.15, -0.1) is 12.6 Å². The Hall–Kier alpha value is -4.89. The number of carbonyl (C=O) groups excluding carboxylic acids is 4. The van der Waals surface area contributed by atoms with Gasteiger partial charge in [0.15, 0.2) is 0 Å². The summed E-state index contributed by atoms with van der Waals surface area (Å²) in [7, 11) is 0. The molecule has 0 N–H and O–H groups in total. The van der Waals surface area contributed by atoms with Gasteiger partial charge in [-0.05, 0) is 66.1 Å². The summed E-state index contributed by atoms with van der Waals surface area (Å²) in [5.41, 5.74) is 3.86. The van der Waals surface area contributed by atoms with Crippen molar-refractivity contribution < 1.29 is 38.1 Å². The van der Waals surface area contributed by atoms with Crippen LogP contribution in [0.3, 0.4) is 0 Å². The second-order valence-electron chi connectivity index (χ2n) is 18.0. The lowest BCUT2D eigenvalue weighted by atomic mass is 9.94. The first-order valence-electron chi connectivity index (χ1n) is 26.6. The second kappa shape index (κ2) is 37.0. The summed E-state index contributed by atoms with van der Waals surface area (Å²) in [4.78, 5) is 54.4. The number of unbranched alkanes of at least 4 members (excludes halogenated alkanes) is 20. The predicted molar refractivity (Wildman–Crippen MR) is 286 cm³/mol. The van der Waals surface area contributed by atoms with E-state index >= 15 is 0 Å². The molecule has 0 radical (unpaired) electrons. The molecule has 0 aliphatic heterocycles. The summed E-state index contributed by atoms with van der Waals surface area (Å²) in [6.45, 7) is 9.68. The topological polar surface area (TPSA) is 105 Å².